The van der Waals surface area contributed by atoms with Crippen molar-refractivity contribution < 1.29 is 9.59 Å². The summed E-state index contributed by atoms with van der Waals surface area (Å²) in [5.74, 6) is 0.193. The number of aryl methyl sites for hydroxylation is 2. The van der Waals surface area contributed by atoms with Crippen molar-refractivity contribution in [2.24, 2.45) is 5.92 Å². The molecular formula is C27H29ClN4O2. The molecule has 2 aliphatic rings. The molecular weight excluding hydrogens is 448 g/mol. The van der Waals surface area contributed by atoms with E-state index < -0.39 is 0 Å². The van der Waals surface area contributed by atoms with Crippen LogP contribution in [-0.4, -0.2) is 34.8 Å². The SMILES string of the molecule is Cc1cc(Cl)cc(C=C2CCN(C(=O)C3CCCC3)CC2)c1NC(=O)c1cnc(C)c(C#N)c1. The van der Waals surface area contributed by atoms with Crippen molar-refractivity contribution >= 4 is 35.2 Å². The Labute approximate surface area is 205 Å². The summed E-state index contributed by atoms with van der Waals surface area (Å²) in [6.45, 7) is 5.10. The van der Waals surface area contributed by atoms with Gasteiger partial charge >= 0.3 is 0 Å². The van der Waals surface area contributed by atoms with E-state index in [1.165, 1.54) is 11.8 Å². The van der Waals surface area contributed by atoms with Gasteiger partial charge in [0.05, 0.1) is 22.5 Å². The summed E-state index contributed by atoms with van der Waals surface area (Å²) in [6, 6.07) is 7.29. The molecule has 1 aliphatic heterocycles. The van der Waals surface area contributed by atoms with E-state index in [1.807, 2.05) is 24.0 Å². The molecule has 0 bridgehead atoms. The number of nitrogens with zero attached hydrogens (tertiary/aromatic N) is 3. The number of piperidine rings is 1. The third-order valence-electron chi connectivity index (χ3n) is 6.82. The lowest BCUT2D eigenvalue weighted by molar-refractivity contribution is -0.135. The van der Waals surface area contributed by atoms with Crippen LogP contribution in [0.15, 0.2) is 30.0 Å². The molecule has 0 spiro atoms. The van der Waals surface area contributed by atoms with Gasteiger partial charge in [-0.15, -0.1) is 0 Å². The van der Waals surface area contributed by atoms with E-state index in [4.69, 9.17) is 11.6 Å². The van der Waals surface area contributed by atoms with E-state index in [-0.39, 0.29) is 11.8 Å². The minimum absolute atomic E-state index is 0.209. The third-order valence-corrected chi connectivity index (χ3v) is 7.04. The summed E-state index contributed by atoms with van der Waals surface area (Å²) in [6.07, 6.45) is 9.55. The van der Waals surface area contributed by atoms with E-state index in [1.54, 1.807) is 13.0 Å². The number of nitrogens with one attached hydrogen (secondary N) is 1. The molecule has 34 heavy (non-hydrogen) atoms. The number of likely N-dealkylation sites (tertiary alicyclic amines) is 1. The molecule has 0 atom stereocenters. The lowest BCUT2D eigenvalue weighted by Crippen LogP contribution is -2.39. The van der Waals surface area contributed by atoms with E-state index in [2.05, 4.69) is 22.4 Å². The standard InChI is InChI=1S/C27H29ClN4O2/c1-17-11-24(28)14-21(25(17)31-26(33)23-13-22(15-29)18(2)30-16-23)12-19-7-9-32(10-8-19)27(34)20-5-3-4-6-20/h11-14,16,20H,3-10H2,1-2H3,(H,31,33). The van der Waals surface area contributed by atoms with Gasteiger partial charge in [-0.1, -0.05) is 36.1 Å². The average Bonchev–Trinajstić information content (AvgIpc) is 3.36. The van der Waals surface area contributed by atoms with Crippen LogP contribution in [0.5, 0.6) is 0 Å². The van der Waals surface area contributed by atoms with Gasteiger partial charge < -0.3 is 10.2 Å². The fourth-order valence-electron chi connectivity index (χ4n) is 4.82. The summed E-state index contributed by atoms with van der Waals surface area (Å²) >= 11 is 6.35. The maximum absolute atomic E-state index is 13.0. The van der Waals surface area contributed by atoms with Gasteiger partial charge in [-0.3, -0.25) is 14.6 Å². The number of carbonyl (C=O) groups is 2. The highest BCUT2D eigenvalue weighted by Crippen LogP contribution is 2.32. The molecule has 0 unspecified atom stereocenters. The minimum Gasteiger partial charge on any atom is -0.342 e. The molecule has 4 rings (SSSR count). The Morgan fingerprint density at radius 2 is 1.88 bits per heavy atom. The van der Waals surface area contributed by atoms with Gasteiger partial charge in [0.1, 0.15) is 6.07 Å². The van der Waals surface area contributed by atoms with Crippen LogP contribution in [0.4, 0.5) is 5.69 Å². The zero-order chi connectivity index (χ0) is 24.2. The predicted octanol–water partition coefficient (Wildman–Crippen LogP) is 5.67. The zero-order valence-corrected chi connectivity index (χ0v) is 20.4. The van der Waals surface area contributed by atoms with E-state index >= 15 is 0 Å². The Balaban J connectivity index is 1.52. The van der Waals surface area contributed by atoms with Gasteiger partial charge in [0.2, 0.25) is 5.91 Å². The van der Waals surface area contributed by atoms with Crippen LogP contribution in [0.1, 0.15) is 71.3 Å². The number of benzene rings is 1. The molecule has 1 saturated heterocycles. The quantitative estimate of drug-likeness (QED) is 0.615. The number of aromatic nitrogens is 1. The maximum atomic E-state index is 13.0. The Morgan fingerprint density at radius 1 is 1.18 bits per heavy atom. The summed E-state index contributed by atoms with van der Waals surface area (Å²) in [7, 11) is 0. The van der Waals surface area contributed by atoms with Crippen LogP contribution >= 0.6 is 11.6 Å². The first-order chi connectivity index (χ1) is 16.4. The Kier molecular flexibility index (Phi) is 7.33. The number of anilines is 1. The van der Waals surface area contributed by atoms with Crippen molar-refractivity contribution in [3.8, 4) is 6.07 Å². The molecule has 176 valence electrons. The van der Waals surface area contributed by atoms with E-state index in [9.17, 15) is 14.9 Å². The van der Waals surface area contributed by atoms with Crippen molar-refractivity contribution in [2.75, 3.05) is 18.4 Å². The molecule has 1 aromatic carbocycles. The highest BCUT2D eigenvalue weighted by atomic mass is 35.5. The van der Waals surface area contributed by atoms with Crippen molar-refractivity contribution in [1.29, 1.82) is 5.26 Å². The second-order valence-electron chi connectivity index (χ2n) is 9.22. The van der Waals surface area contributed by atoms with Crippen molar-refractivity contribution in [2.45, 2.75) is 52.4 Å². The predicted molar refractivity (Wildman–Crippen MR) is 134 cm³/mol. The van der Waals surface area contributed by atoms with Gasteiger partial charge in [0.25, 0.3) is 5.91 Å². The molecule has 0 radical (unpaired) electrons. The number of rotatable bonds is 4. The third kappa shape index (κ3) is 5.31. The number of carbonyl (C=O) groups excluding carboxylic acids is 2. The lowest BCUT2D eigenvalue weighted by atomic mass is 9.97. The molecule has 2 heterocycles. The average molecular weight is 477 g/mol. The van der Waals surface area contributed by atoms with Crippen molar-refractivity contribution in [1.82, 2.24) is 9.88 Å². The molecule has 1 aromatic heterocycles. The van der Waals surface area contributed by atoms with Crippen LogP contribution in [0, 0.1) is 31.1 Å². The fourth-order valence-corrected chi connectivity index (χ4v) is 5.10. The highest BCUT2D eigenvalue weighted by Gasteiger charge is 2.28. The summed E-state index contributed by atoms with van der Waals surface area (Å²) in [4.78, 5) is 31.9. The maximum Gasteiger partial charge on any atom is 0.257 e. The normalized spacial score (nSPS) is 16.3. The first kappa shape index (κ1) is 24.0. The number of amides is 2. The van der Waals surface area contributed by atoms with Crippen LogP contribution in [0.3, 0.4) is 0 Å². The molecule has 7 heteroatoms. The van der Waals surface area contributed by atoms with Crippen molar-refractivity contribution in [3.05, 3.63) is 62.9 Å². The largest absolute Gasteiger partial charge is 0.342 e. The van der Waals surface area contributed by atoms with Gasteiger partial charge in [0, 0.05) is 30.2 Å². The lowest BCUT2D eigenvalue weighted by Gasteiger charge is -2.30. The number of hydrogen-bond acceptors (Lipinski definition) is 4. The Hall–Kier alpha value is -3.17. The van der Waals surface area contributed by atoms with Crippen LogP contribution < -0.4 is 5.32 Å². The first-order valence-corrected chi connectivity index (χ1v) is 12.2. The summed E-state index contributed by atoms with van der Waals surface area (Å²) < 4.78 is 0. The number of nitriles is 1. The monoisotopic (exact) mass is 476 g/mol. The molecule has 1 N–H and O–H groups in total. The molecule has 2 aromatic rings. The molecule has 6 nitrogen and oxygen atoms in total. The number of hydrogen-bond donors (Lipinski definition) is 1. The zero-order valence-electron chi connectivity index (χ0n) is 19.7. The molecule has 1 saturated carbocycles. The van der Waals surface area contributed by atoms with Crippen LogP contribution in [-0.2, 0) is 4.79 Å². The molecule has 2 amide bonds. The van der Waals surface area contributed by atoms with Crippen LogP contribution in [0.25, 0.3) is 6.08 Å². The highest BCUT2D eigenvalue weighted by molar-refractivity contribution is 6.31. The van der Waals surface area contributed by atoms with Crippen LogP contribution in [0.2, 0.25) is 5.02 Å². The van der Waals surface area contributed by atoms with Crippen molar-refractivity contribution in [3.63, 3.8) is 0 Å². The second kappa shape index (κ2) is 10.4. The summed E-state index contributed by atoms with van der Waals surface area (Å²) in [5.41, 5.74) is 4.90. The van der Waals surface area contributed by atoms with Gasteiger partial charge in [0.15, 0.2) is 0 Å². The number of halogens is 1. The van der Waals surface area contributed by atoms with Gasteiger partial charge in [-0.2, -0.15) is 5.26 Å². The second-order valence-corrected chi connectivity index (χ2v) is 9.66. The Bertz CT molecular complexity index is 1180. The van der Waals surface area contributed by atoms with E-state index in [0.29, 0.717) is 33.4 Å². The fraction of sp³-hybridized carbons (Fsp3) is 0.407. The Morgan fingerprint density at radius 3 is 2.56 bits per heavy atom. The summed E-state index contributed by atoms with van der Waals surface area (Å²) in [5, 5.41) is 12.8. The number of pyridine rings is 1. The van der Waals surface area contributed by atoms with E-state index in [0.717, 1.165) is 62.7 Å². The minimum atomic E-state index is -0.328. The van der Waals surface area contributed by atoms with Gasteiger partial charge in [-0.05, 0) is 68.9 Å². The van der Waals surface area contributed by atoms with Gasteiger partial charge in [-0.25, -0.2) is 0 Å². The smallest absolute Gasteiger partial charge is 0.257 e. The topological polar surface area (TPSA) is 86.1 Å². The molecule has 2 fully saturated rings. The molecule has 1 aliphatic carbocycles. The first-order valence-electron chi connectivity index (χ1n) is 11.8.